The summed E-state index contributed by atoms with van der Waals surface area (Å²) in [4.78, 5) is 4.99. The van der Waals surface area contributed by atoms with Gasteiger partial charge in [0.05, 0.1) is 12.1 Å². The molecule has 1 aliphatic rings. The van der Waals surface area contributed by atoms with Crippen LogP contribution in [-0.2, 0) is 6.42 Å². The molecule has 3 aromatic carbocycles. The van der Waals surface area contributed by atoms with E-state index < -0.39 is 6.10 Å². The highest BCUT2D eigenvalue weighted by Crippen LogP contribution is 2.34. The van der Waals surface area contributed by atoms with Gasteiger partial charge in [0.25, 0.3) is 0 Å². The van der Waals surface area contributed by atoms with Crippen molar-refractivity contribution in [1.82, 2.24) is 9.80 Å². The number of piperazine rings is 1. The molecular weight excluding hydrogens is 356 g/mol. The average Bonchev–Trinajstić information content (AvgIpc) is 2.81. The van der Waals surface area contributed by atoms with Crippen molar-refractivity contribution in [2.75, 3.05) is 32.7 Å². The average molecular weight is 387 g/mol. The Labute approximate surface area is 174 Å². The molecule has 2 atom stereocenters. The molecule has 0 amide bonds. The van der Waals surface area contributed by atoms with Crippen LogP contribution in [0.1, 0.15) is 28.8 Å². The molecule has 150 valence electrons. The van der Waals surface area contributed by atoms with Gasteiger partial charge in [-0.15, -0.1) is 0 Å². The summed E-state index contributed by atoms with van der Waals surface area (Å²) < 4.78 is 0. The molecule has 3 heteroatoms. The lowest BCUT2D eigenvalue weighted by Crippen LogP contribution is -2.49. The molecule has 4 rings (SSSR count). The summed E-state index contributed by atoms with van der Waals surface area (Å²) in [5, 5.41) is 11.2. The molecule has 0 radical (unpaired) electrons. The highest BCUT2D eigenvalue weighted by molar-refractivity contribution is 5.26. The molecule has 1 saturated heterocycles. The van der Waals surface area contributed by atoms with Gasteiger partial charge in [-0.25, -0.2) is 0 Å². The van der Waals surface area contributed by atoms with Crippen LogP contribution in [0, 0.1) is 0 Å². The Morgan fingerprint density at radius 2 is 1.17 bits per heavy atom. The van der Waals surface area contributed by atoms with Gasteiger partial charge in [-0.1, -0.05) is 91.0 Å². The molecule has 1 heterocycles. The molecule has 0 spiro atoms. The molecule has 1 fully saturated rings. The van der Waals surface area contributed by atoms with Gasteiger partial charge in [0.1, 0.15) is 0 Å². The lowest BCUT2D eigenvalue weighted by Gasteiger charge is -2.41. The summed E-state index contributed by atoms with van der Waals surface area (Å²) in [5.74, 6) is 0. The Bertz CT molecular complexity index is 846. The van der Waals surface area contributed by atoms with E-state index in [4.69, 9.17) is 0 Å². The Hall–Kier alpha value is -2.46. The van der Waals surface area contributed by atoms with Crippen molar-refractivity contribution in [1.29, 1.82) is 0 Å². The zero-order valence-electron chi connectivity index (χ0n) is 16.9. The van der Waals surface area contributed by atoms with Crippen molar-refractivity contribution in [3.63, 3.8) is 0 Å². The summed E-state index contributed by atoms with van der Waals surface area (Å²) in [7, 11) is 0. The Morgan fingerprint density at radius 3 is 1.76 bits per heavy atom. The fourth-order valence-electron chi connectivity index (χ4n) is 4.27. The molecule has 0 saturated carbocycles. The predicted molar refractivity (Wildman–Crippen MR) is 119 cm³/mol. The van der Waals surface area contributed by atoms with Gasteiger partial charge in [0, 0.05) is 32.7 Å². The fraction of sp³-hybridized carbons (Fsp3) is 0.308. The summed E-state index contributed by atoms with van der Waals surface area (Å²) in [6.45, 7) is 5.11. The monoisotopic (exact) mass is 386 g/mol. The van der Waals surface area contributed by atoms with Crippen LogP contribution in [-0.4, -0.2) is 47.6 Å². The zero-order valence-corrected chi connectivity index (χ0v) is 16.9. The minimum absolute atomic E-state index is 0.0186. The zero-order chi connectivity index (χ0) is 19.9. The van der Waals surface area contributed by atoms with Crippen LogP contribution in [0.25, 0.3) is 0 Å². The third-order valence-corrected chi connectivity index (χ3v) is 5.94. The minimum atomic E-state index is -0.533. The summed E-state index contributed by atoms with van der Waals surface area (Å²) >= 11 is 0. The Morgan fingerprint density at radius 1 is 0.655 bits per heavy atom. The van der Waals surface area contributed by atoms with E-state index in [0.717, 1.165) is 44.7 Å². The maximum absolute atomic E-state index is 11.2. The molecule has 0 aromatic heterocycles. The lowest BCUT2D eigenvalue weighted by atomic mass is 9.94. The summed E-state index contributed by atoms with van der Waals surface area (Å²) in [6, 6.07) is 31.2. The van der Waals surface area contributed by atoms with E-state index in [1.165, 1.54) is 11.1 Å². The smallest absolute Gasteiger partial charge is 0.0986 e. The Kier molecular flexibility index (Phi) is 6.73. The first kappa shape index (κ1) is 19.8. The van der Waals surface area contributed by atoms with E-state index in [2.05, 4.69) is 64.4 Å². The van der Waals surface area contributed by atoms with Crippen molar-refractivity contribution < 1.29 is 5.11 Å². The largest absolute Gasteiger partial charge is 0.386 e. The molecule has 3 nitrogen and oxygen atoms in total. The SMILES string of the molecule is OC(c1ccccc1)C(c1ccccc1)N1CCN(CCc2ccccc2)CC1. The van der Waals surface area contributed by atoms with Crippen molar-refractivity contribution in [2.24, 2.45) is 0 Å². The maximum atomic E-state index is 11.2. The lowest BCUT2D eigenvalue weighted by molar-refractivity contribution is 0.0167. The van der Waals surface area contributed by atoms with Crippen molar-refractivity contribution >= 4 is 0 Å². The molecule has 2 unspecified atom stereocenters. The van der Waals surface area contributed by atoms with E-state index in [1.807, 2.05) is 36.4 Å². The molecule has 3 aromatic rings. The maximum Gasteiger partial charge on any atom is 0.0986 e. The minimum Gasteiger partial charge on any atom is -0.386 e. The van der Waals surface area contributed by atoms with Gasteiger partial charge in [-0.2, -0.15) is 0 Å². The molecule has 29 heavy (non-hydrogen) atoms. The van der Waals surface area contributed by atoms with Crippen LogP contribution in [0.2, 0.25) is 0 Å². The van der Waals surface area contributed by atoms with Crippen molar-refractivity contribution in [3.8, 4) is 0 Å². The second-order valence-corrected chi connectivity index (χ2v) is 7.82. The first-order valence-electron chi connectivity index (χ1n) is 10.6. The highest BCUT2D eigenvalue weighted by atomic mass is 16.3. The number of rotatable bonds is 7. The number of hydrogen-bond acceptors (Lipinski definition) is 3. The molecule has 1 aliphatic heterocycles. The van der Waals surface area contributed by atoms with E-state index in [0.29, 0.717) is 0 Å². The third-order valence-electron chi connectivity index (χ3n) is 5.94. The fourth-order valence-corrected chi connectivity index (χ4v) is 4.27. The van der Waals surface area contributed by atoms with Crippen molar-refractivity contribution in [2.45, 2.75) is 18.6 Å². The Balaban J connectivity index is 1.42. The van der Waals surface area contributed by atoms with Crippen LogP contribution in [0.15, 0.2) is 91.0 Å². The topological polar surface area (TPSA) is 26.7 Å². The van der Waals surface area contributed by atoms with E-state index in [1.54, 1.807) is 0 Å². The second-order valence-electron chi connectivity index (χ2n) is 7.82. The third kappa shape index (κ3) is 5.13. The predicted octanol–water partition coefficient (Wildman–Crippen LogP) is 4.32. The molecular formula is C26H30N2O. The standard InChI is InChI=1S/C26H30N2O/c29-26(24-14-8-3-9-15-24)25(23-12-6-2-7-13-23)28-20-18-27(19-21-28)17-16-22-10-4-1-5-11-22/h1-15,25-26,29H,16-21H2. The first-order valence-corrected chi connectivity index (χ1v) is 10.6. The number of benzene rings is 3. The number of nitrogens with zero attached hydrogens (tertiary/aromatic N) is 2. The van der Waals surface area contributed by atoms with E-state index >= 15 is 0 Å². The van der Waals surface area contributed by atoms with Gasteiger partial charge >= 0.3 is 0 Å². The summed E-state index contributed by atoms with van der Waals surface area (Å²) in [6.07, 6.45) is 0.560. The van der Waals surface area contributed by atoms with Gasteiger partial charge < -0.3 is 10.0 Å². The second kappa shape index (κ2) is 9.84. The summed E-state index contributed by atoms with van der Waals surface area (Å²) in [5.41, 5.74) is 3.56. The quantitative estimate of drug-likeness (QED) is 0.655. The molecule has 0 bridgehead atoms. The number of aliphatic hydroxyl groups excluding tert-OH is 1. The van der Waals surface area contributed by atoms with E-state index in [9.17, 15) is 5.11 Å². The number of hydrogen-bond donors (Lipinski definition) is 1. The van der Waals surface area contributed by atoms with Gasteiger partial charge in [0.15, 0.2) is 0 Å². The van der Waals surface area contributed by atoms with E-state index in [-0.39, 0.29) is 6.04 Å². The van der Waals surface area contributed by atoms with Crippen LogP contribution < -0.4 is 0 Å². The highest BCUT2D eigenvalue weighted by Gasteiger charge is 2.31. The first-order chi connectivity index (χ1) is 14.3. The van der Waals surface area contributed by atoms with Crippen LogP contribution >= 0.6 is 0 Å². The van der Waals surface area contributed by atoms with Crippen LogP contribution in [0.5, 0.6) is 0 Å². The van der Waals surface area contributed by atoms with Gasteiger partial charge in [0.2, 0.25) is 0 Å². The van der Waals surface area contributed by atoms with Gasteiger partial charge in [-0.05, 0) is 23.1 Å². The number of aliphatic hydroxyl groups is 1. The van der Waals surface area contributed by atoms with Crippen LogP contribution in [0.4, 0.5) is 0 Å². The van der Waals surface area contributed by atoms with Gasteiger partial charge in [-0.3, -0.25) is 4.90 Å². The van der Waals surface area contributed by atoms with Crippen LogP contribution in [0.3, 0.4) is 0 Å². The van der Waals surface area contributed by atoms with Crippen molar-refractivity contribution in [3.05, 3.63) is 108 Å². The normalized spacial score (nSPS) is 17.7. The molecule has 0 aliphatic carbocycles. The molecule has 1 N–H and O–H groups in total.